The maximum atomic E-state index is 5.29. The van der Waals surface area contributed by atoms with E-state index in [0.29, 0.717) is 0 Å². The fraction of sp³-hybridized carbons (Fsp3) is 0.204. The lowest BCUT2D eigenvalue weighted by Crippen LogP contribution is -2.55. The van der Waals surface area contributed by atoms with Gasteiger partial charge in [-0.05, 0) is 130 Å². The van der Waals surface area contributed by atoms with Crippen molar-refractivity contribution in [2.24, 2.45) is 23.7 Å². The predicted molar refractivity (Wildman–Crippen MR) is 210 cm³/mol. The SMILES string of the molecule is c1ccc(-c2cccc(-n3c4cc(-c5ccc6c(c5)-c5ccccc5C65C6CC7CC(C6)CC5C7)ccc4c4c5ccccc5ccc43)n2)cc1. The summed E-state index contributed by atoms with van der Waals surface area (Å²) in [6, 6.07) is 54.4. The molecular formula is C49H38N2. The summed E-state index contributed by atoms with van der Waals surface area (Å²) in [5.74, 6) is 4.40. The summed E-state index contributed by atoms with van der Waals surface area (Å²) in [5.41, 5.74) is 13.4. The molecule has 0 radical (unpaired) electrons. The van der Waals surface area contributed by atoms with Crippen LogP contribution in [0.1, 0.15) is 43.2 Å². The van der Waals surface area contributed by atoms with Gasteiger partial charge >= 0.3 is 0 Å². The van der Waals surface area contributed by atoms with Gasteiger partial charge in [0.1, 0.15) is 5.82 Å². The highest BCUT2D eigenvalue weighted by Gasteiger charge is 2.61. The fourth-order valence-corrected chi connectivity index (χ4v) is 11.9. The third-order valence-electron chi connectivity index (χ3n) is 13.6. The maximum Gasteiger partial charge on any atom is 0.138 e. The minimum absolute atomic E-state index is 0.199. The lowest BCUT2D eigenvalue weighted by Gasteiger charge is -2.61. The summed E-state index contributed by atoms with van der Waals surface area (Å²) >= 11 is 0. The van der Waals surface area contributed by atoms with Gasteiger partial charge in [0, 0.05) is 21.8 Å². The number of aromatic nitrogens is 2. The third-order valence-corrected chi connectivity index (χ3v) is 13.6. The Balaban J connectivity index is 1.07. The smallest absolute Gasteiger partial charge is 0.138 e. The monoisotopic (exact) mass is 654 g/mol. The van der Waals surface area contributed by atoms with Gasteiger partial charge in [0.05, 0.1) is 16.7 Å². The van der Waals surface area contributed by atoms with Gasteiger partial charge in [-0.25, -0.2) is 4.98 Å². The average Bonchev–Trinajstić information content (AvgIpc) is 3.67. The van der Waals surface area contributed by atoms with Crippen LogP contribution in [-0.2, 0) is 5.41 Å². The van der Waals surface area contributed by atoms with Crippen LogP contribution in [0.2, 0.25) is 0 Å². The minimum Gasteiger partial charge on any atom is -0.294 e. The van der Waals surface area contributed by atoms with Crippen molar-refractivity contribution in [1.29, 1.82) is 0 Å². The van der Waals surface area contributed by atoms with Crippen molar-refractivity contribution in [2.45, 2.75) is 37.5 Å². The van der Waals surface area contributed by atoms with E-state index in [9.17, 15) is 0 Å². The Hall–Kier alpha value is -5.47. The summed E-state index contributed by atoms with van der Waals surface area (Å²) in [6.45, 7) is 0. The van der Waals surface area contributed by atoms with Crippen LogP contribution >= 0.6 is 0 Å². The van der Waals surface area contributed by atoms with Crippen molar-refractivity contribution in [2.75, 3.05) is 0 Å². The zero-order chi connectivity index (χ0) is 33.3. The lowest BCUT2D eigenvalue weighted by atomic mass is 9.43. The van der Waals surface area contributed by atoms with Crippen LogP contribution in [0.4, 0.5) is 0 Å². The second kappa shape index (κ2) is 10.3. The number of fused-ring (bicyclic) bond motifs is 8. The third kappa shape index (κ3) is 3.80. The van der Waals surface area contributed by atoms with E-state index in [1.54, 1.807) is 11.1 Å². The van der Waals surface area contributed by atoms with E-state index >= 15 is 0 Å². The Morgan fingerprint density at radius 2 is 1.22 bits per heavy atom. The van der Waals surface area contributed by atoms with Gasteiger partial charge < -0.3 is 0 Å². The van der Waals surface area contributed by atoms with E-state index in [0.717, 1.165) is 40.7 Å². The Labute approximate surface area is 298 Å². The van der Waals surface area contributed by atoms with Crippen LogP contribution in [0.5, 0.6) is 0 Å². The number of nitrogens with zero attached hydrogens (tertiary/aromatic N) is 2. The van der Waals surface area contributed by atoms with Crippen molar-refractivity contribution < 1.29 is 0 Å². The maximum absolute atomic E-state index is 5.29. The molecule has 2 nitrogen and oxygen atoms in total. The largest absolute Gasteiger partial charge is 0.294 e. The molecule has 0 amide bonds. The number of benzene rings is 6. The molecule has 13 rings (SSSR count). The van der Waals surface area contributed by atoms with Crippen LogP contribution in [0, 0.1) is 23.7 Å². The van der Waals surface area contributed by atoms with Gasteiger partial charge in [0.2, 0.25) is 0 Å². The Morgan fingerprint density at radius 3 is 2.08 bits per heavy atom. The highest BCUT2D eigenvalue weighted by molar-refractivity contribution is 6.21. The highest BCUT2D eigenvalue weighted by Crippen LogP contribution is 2.69. The number of rotatable bonds is 3. The molecule has 5 aliphatic rings. The summed E-state index contributed by atoms with van der Waals surface area (Å²) in [6.07, 6.45) is 7.14. The summed E-state index contributed by atoms with van der Waals surface area (Å²) < 4.78 is 2.39. The first kappa shape index (κ1) is 28.3. The van der Waals surface area contributed by atoms with Crippen LogP contribution in [-0.4, -0.2) is 9.55 Å². The molecule has 5 aliphatic carbocycles. The van der Waals surface area contributed by atoms with Gasteiger partial charge in [0.25, 0.3) is 0 Å². The quantitative estimate of drug-likeness (QED) is 0.185. The average molecular weight is 655 g/mol. The molecule has 1 spiro atoms. The minimum atomic E-state index is 0.199. The molecule has 0 atom stereocenters. The molecule has 4 fully saturated rings. The first-order valence-corrected chi connectivity index (χ1v) is 19.0. The van der Waals surface area contributed by atoms with E-state index in [1.807, 2.05) is 0 Å². The molecule has 2 heterocycles. The van der Waals surface area contributed by atoms with Crippen molar-refractivity contribution in [1.82, 2.24) is 9.55 Å². The number of pyridine rings is 1. The highest BCUT2D eigenvalue weighted by atomic mass is 15.1. The second-order valence-corrected chi connectivity index (χ2v) is 16.0. The van der Waals surface area contributed by atoms with Gasteiger partial charge in [0.15, 0.2) is 0 Å². The summed E-state index contributed by atoms with van der Waals surface area (Å²) in [4.78, 5) is 5.29. The Bertz CT molecular complexity index is 2690. The molecule has 0 unspecified atom stereocenters. The Kier molecular flexibility index (Phi) is 5.70. The first-order chi connectivity index (χ1) is 25.2. The van der Waals surface area contributed by atoms with Crippen molar-refractivity contribution in [3.63, 3.8) is 0 Å². The molecule has 4 saturated carbocycles. The number of hydrogen-bond donors (Lipinski definition) is 0. The van der Waals surface area contributed by atoms with Gasteiger partial charge in [-0.1, -0.05) is 115 Å². The number of hydrogen-bond acceptors (Lipinski definition) is 1. The molecule has 0 aliphatic heterocycles. The zero-order valence-corrected chi connectivity index (χ0v) is 28.6. The van der Waals surface area contributed by atoms with E-state index in [-0.39, 0.29) is 5.41 Å². The van der Waals surface area contributed by atoms with E-state index < -0.39 is 0 Å². The molecule has 0 saturated heterocycles. The van der Waals surface area contributed by atoms with Gasteiger partial charge in [-0.3, -0.25) is 4.57 Å². The van der Waals surface area contributed by atoms with E-state index in [2.05, 4.69) is 150 Å². The predicted octanol–water partition coefficient (Wildman–Crippen LogP) is 12.4. The van der Waals surface area contributed by atoms with Gasteiger partial charge in [-0.15, -0.1) is 0 Å². The normalized spacial score (nSPS) is 24.2. The molecule has 244 valence electrons. The van der Waals surface area contributed by atoms with Gasteiger partial charge in [-0.2, -0.15) is 0 Å². The van der Waals surface area contributed by atoms with Crippen molar-refractivity contribution in [3.8, 4) is 39.3 Å². The fourth-order valence-electron chi connectivity index (χ4n) is 11.9. The van der Waals surface area contributed by atoms with Crippen LogP contribution in [0.25, 0.3) is 71.9 Å². The molecule has 8 aromatic rings. The zero-order valence-electron chi connectivity index (χ0n) is 28.6. The molecule has 2 aromatic heterocycles. The van der Waals surface area contributed by atoms with Crippen LogP contribution < -0.4 is 0 Å². The van der Waals surface area contributed by atoms with E-state index in [1.165, 1.54) is 86.9 Å². The molecule has 4 bridgehead atoms. The van der Waals surface area contributed by atoms with Crippen LogP contribution in [0.15, 0.2) is 146 Å². The molecule has 51 heavy (non-hydrogen) atoms. The second-order valence-electron chi connectivity index (χ2n) is 16.0. The lowest BCUT2D eigenvalue weighted by molar-refractivity contribution is -0.0399. The summed E-state index contributed by atoms with van der Waals surface area (Å²) in [5, 5.41) is 5.08. The first-order valence-electron chi connectivity index (χ1n) is 19.0. The molecule has 0 N–H and O–H groups in total. The summed E-state index contributed by atoms with van der Waals surface area (Å²) in [7, 11) is 0. The molecule has 2 heteroatoms. The topological polar surface area (TPSA) is 17.8 Å². The van der Waals surface area contributed by atoms with Crippen molar-refractivity contribution >= 4 is 32.6 Å². The molecular weight excluding hydrogens is 617 g/mol. The van der Waals surface area contributed by atoms with Crippen LogP contribution in [0.3, 0.4) is 0 Å². The van der Waals surface area contributed by atoms with Crippen molar-refractivity contribution in [3.05, 3.63) is 157 Å². The molecule has 6 aromatic carbocycles. The van der Waals surface area contributed by atoms with E-state index in [4.69, 9.17) is 4.98 Å². The Morgan fingerprint density at radius 1 is 0.490 bits per heavy atom. The standard InChI is InChI=1S/C49H38N2/c1-2-10-33(11-3-1)44-15-8-16-47(50-44)51-45-22-19-32-9-4-5-12-38(32)48(45)40-20-17-35(29-46(40)51)34-18-21-43-41(28-34)39-13-6-7-14-42(39)49(43)36-24-30-23-31(26-36)27-37(49)25-30/h1-22,28-31,36-37H,23-27H2.